The number of fused-ring (bicyclic) bond motifs is 1. The molecule has 1 aliphatic rings. The summed E-state index contributed by atoms with van der Waals surface area (Å²) in [7, 11) is -3.69. The van der Waals surface area contributed by atoms with E-state index < -0.39 is 10.0 Å². The van der Waals surface area contributed by atoms with Crippen molar-refractivity contribution in [1.82, 2.24) is 0 Å². The van der Waals surface area contributed by atoms with Crippen molar-refractivity contribution >= 4 is 27.3 Å². The first kappa shape index (κ1) is 18.3. The smallest absolute Gasteiger partial charge is 0.261 e. The van der Waals surface area contributed by atoms with Gasteiger partial charge in [0.1, 0.15) is 0 Å². The van der Waals surface area contributed by atoms with Crippen molar-refractivity contribution in [3.8, 4) is 0 Å². The summed E-state index contributed by atoms with van der Waals surface area (Å²) in [6.45, 7) is 0.620. The summed E-state index contributed by atoms with van der Waals surface area (Å²) in [6, 6.07) is 22.9. The van der Waals surface area contributed by atoms with Gasteiger partial charge in [0.2, 0.25) is 0 Å². The van der Waals surface area contributed by atoms with Crippen molar-refractivity contribution in [2.24, 2.45) is 0 Å². The highest BCUT2D eigenvalue weighted by molar-refractivity contribution is 7.92. The lowest BCUT2D eigenvalue weighted by Gasteiger charge is -2.30. The van der Waals surface area contributed by atoms with E-state index in [-0.39, 0.29) is 10.8 Å². The molecule has 3 aromatic carbocycles. The van der Waals surface area contributed by atoms with E-state index in [1.54, 1.807) is 59.5 Å². The number of amides is 1. The van der Waals surface area contributed by atoms with E-state index in [0.29, 0.717) is 17.8 Å². The number of benzene rings is 3. The van der Waals surface area contributed by atoms with Crippen molar-refractivity contribution in [1.29, 1.82) is 0 Å². The van der Waals surface area contributed by atoms with Gasteiger partial charge in [-0.1, -0.05) is 36.4 Å². The molecule has 3 aromatic rings. The molecule has 0 aromatic heterocycles. The summed E-state index contributed by atoms with van der Waals surface area (Å²) < 4.78 is 28.1. The van der Waals surface area contributed by atoms with Crippen LogP contribution in [0.25, 0.3) is 0 Å². The number of sulfonamides is 1. The Kier molecular flexibility index (Phi) is 4.88. The summed E-state index contributed by atoms with van der Waals surface area (Å²) in [5, 5.41) is 0. The highest BCUT2D eigenvalue weighted by Crippen LogP contribution is 2.31. The minimum Gasteiger partial charge on any atom is -0.308 e. The molecule has 0 bridgehead atoms. The number of carbonyl (C=O) groups is 1. The van der Waals surface area contributed by atoms with Crippen LogP contribution in [0.1, 0.15) is 22.3 Å². The van der Waals surface area contributed by atoms with Gasteiger partial charge in [-0.15, -0.1) is 0 Å². The van der Waals surface area contributed by atoms with Crippen molar-refractivity contribution < 1.29 is 13.2 Å². The third-order valence-electron chi connectivity index (χ3n) is 4.77. The second-order valence-electron chi connectivity index (χ2n) is 6.69. The first-order chi connectivity index (χ1) is 13.5. The number of nitrogens with one attached hydrogen (secondary N) is 1. The molecule has 0 unspecified atom stereocenters. The first-order valence-corrected chi connectivity index (χ1v) is 10.6. The van der Waals surface area contributed by atoms with Crippen LogP contribution in [-0.2, 0) is 16.4 Å². The molecule has 1 heterocycles. The molecule has 0 atom stereocenters. The van der Waals surface area contributed by atoms with Crippen LogP contribution in [-0.4, -0.2) is 20.9 Å². The van der Waals surface area contributed by atoms with Gasteiger partial charge in [-0.3, -0.25) is 9.52 Å². The number of para-hydroxylation sites is 1. The highest BCUT2D eigenvalue weighted by atomic mass is 32.2. The summed E-state index contributed by atoms with van der Waals surface area (Å²) in [4.78, 5) is 14.8. The predicted molar refractivity (Wildman–Crippen MR) is 110 cm³/mol. The average molecular weight is 392 g/mol. The Balaban J connectivity index is 1.64. The molecule has 1 amide bonds. The van der Waals surface area contributed by atoms with Gasteiger partial charge in [-0.2, -0.15) is 0 Å². The van der Waals surface area contributed by atoms with E-state index in [0.717, 1.165) is 24.1 Å². The molecule has 1 N–H and O–H groups in total. The quantitative estimate of drug-likeness (QED) is 0.727. The number of hydrogen-bond acceptors (Lipinski definition) is 3. The Morgan fingerprint density at radius 3 is 2.29 bits per heavy atom. The Morgan fingerprint density at radius 1 is 0.893 bits per heavy atom. The van der Waals surface area contributed by atoms with Gasteiger partial charge in [0.05, 0.1) is 4.90 Å². The van der Waals surface area contributed by atoms with Crippen molar-refractivity contribution in [2.45, 2.75) is 17.7 Å². The number of rotatable bonds is 4. The molecule has 0 spiro atoms. The molecule has 5 nitrogen and oxygen atoms in total. The molecule has 4 rings (SSSR count). The monoisotopic (exact) mass is 392 g/mol. The second kappa shape index (κ2) is 7.48. The molecule has 28 heavy (non-hydrogen) atoms. The molecule has 1 aliphatic heterocycles. The standard InChI is InChI=1S/C22H20N2O3S/c25-22(17-8-3-1-4-9-17)24-15-7-10-18-16-20(13-14-21(18)24)28(26,27)23-19-11-5-2-6-12-19/h1-6,8-9,11-14,16,23H,7,10,15H2. The fraction of sp³-hybridized carbons (Fsp3) is 0.136. The summed E-state index contributed by atoms with van der Waals surface area (Å²) in [6.07, 6.45) is 1.53. The van der Waals surface area contributed by atoms with Gasteiger partial charge < -0.3 is 4.90 Å². The van der Waals surface area contributed by atoms with Crippen LogP contribution in [0.3, 0.4) is 0 Å². The summed E-state index contributed by atoms with van der Waals surface area (Å²) in [5.74, 6) is -0.0698. The fourth-order valence-electron chi connectivity index (χ4n) is 3.41. The van der Waals surface area contributed by atoms with Crippen LogP contribution >= 0.6 is 0 Å². The molecule has 0 fully saturated rings. The van der Waals surface area contributed by atoms with Crippen LogP contribution < -0.4 is 9.62 Å². The molecule has 6 heteroatoms. The average Bonchev–Trinajstić information content (AvgIpc) is 2.73. The van der Waals surface area contributed by atoms with Gasteiger partial charge >= 0.3 is 0 Å². The summed E-state index contributed by atoms with van der Waals surface area (Å²) in [5.41, 5.74) is 2.78. The minimum absolute atomic E-state index is 0.0698. The molecule has 142 valence electrons. The van der Waals surface area contributed by atoms with E-state index in [1.165, 1.54) is 0 Å². The molecular weight excluding hydrogens is 372 g/mol. The van der Waals surface area contributed by atoms with Gasteiger partial charge in [0.15, 0.2) is 0 Å². The third kappa shape index (κ3) is 3.64. The Bertz CT molecular complexity index is 1100. The zero-order chi connectivity index (χ0) is 19.6. The number of nitrogens with zero attached hydrogens (tertiary/aromatic N) is 1. The van der Waals surface area contributed by atoms with E-state index in [1.807, 2.05) is 24.3 Å². The molecular formula is C22H20N2O3S. The van der Waals surface area contributed by atoms with Crippen LogP contribution in [0.15, 0.2) is 83.8 Å². The fourth-order valence-corrected chi connectivity index (χ4v) is 4.52. The normalized spacial score (nSPS) is 13.6. The largest absolute Gasteiger partial charge is 0.308 e. The molecule has 0 aliphatic carbocycles. The number of aryl methyl sites for hydroxylation is 1. The zero-order valence-corrected chi connectivity index (χ0v) is 16.0. The first-order valence-electron chi connectivity index (χ1n) is 9.12. The maximum Gasteiger partial charge on any atom is 0.261 e. The minimum atomic E-state index is -3.69. The Labute approximate surface area is 164 Å². The van der Waals surface area contributed by atoms with Crippen LogP contribution in [0.4, 0.5) is 11.4 Å². The zero-order valence-electron chi connectivity index (χ0n) is 15.2. The second-order valence-corrected chi connectivity index (χ2v) is 8.37. The number of hydrogen-bond donors (Lipinski definition) is 1. The van der Waals surface area contributed by atoms with Gasteiger partial charge in [0, 0.05) is 23.5 Å². The lowest BCUT2D eigenvalue weighted by molar-refractivity contribution is 0.0985. The van der Waals surface area contributed by atoms with Crippen LogP contribution in [0.2, 0.25) is 0 Å². The maximum atomic E-state index is 12.9. The van der Waals surface area contributed by atoms with E-state index >= 15 is 0 Å². The van der Waals surface area contributed by atoms with Gasteiger partial charge in [0.25, 0.3) is 15.9 Å². The van der Waals surface area contributed by atoms with Crippen LogP contribution in [0, 0.1) is 0 Å². The van der Waals surface area contributed by atoms with E-state index in [2.05, 4.69) is 4.72 Å². The van der Waals surface area contributed by atoms with E-state index in [9.17, 15) is 13.2 Å². The SMILES string of the molecule is O=C(c1ccccc1)N1CCCc2cc(S(=O)(=O)Nc3ccccc3)ccc21. The van der Waals surface area contributed by atoms with Crippen molar-refractivity contribution in [3.63, 3.8) is 0 Å². The third-order valence-corrected chi connectivity index (χ3v) is 6.15. The topological polar surface area (TPSA) is 66.5 Å². The molecule has 0 saturated heterocycles. The highest BCUT2D eigenvalue weighted by Gasteiger charge is 2.25. The van der Waals surface area contributed by atoms with Gasteiger partial charge in [-0.25, -0.2) is 8.42 Å². The Morgan fingerprint density at radius 2 is 1.57 bits per heavy atom. The predicted octanol–water partition coefficient (Wildman–Crippen LogP) is 4.08. The number of carbonyl (C=O) groups excluding carboxylic acids is 1. The Hall–Kier alpha value is -3.12. The lowest BCUT2D eigenvalue weighted by Crippen LogP contribution is -2.35. The van der Waals surface area contributed by atoms with Crippen LogP contribution in [0.5, 0.6) is 0 Å². The number of anilines is 2. The van der Waals surface area contributed by atoms with Crippen molar-refractivity contribution in [3.05, 3.63) is 90.0 Å². The van der Waals surface area contributed by atoms with Gasteiger partial charge in [-0.05, 0) is 60.9 Å². The maximum absolute atomic E-state index is 12.9. The molecule has 0 saturated carbocycles. The van der Waals surface area contributed by atoms with Crippen molar-refractivity contribution in [2.75, 3.05) is 16.2 Å². The lowest BCUT2D eigenvalue weighted by atomic mass is 10.0. The molecule has 0 radical (unpaired) electrons. The van der Waals surface area contributed by atoms with E-state index in [4.69, 9.17) is 0 Å². The summed E-state index contributed by atoms with van der Waals surface area (Å²) >= 11 is 0.